The van der Waals surface area contributed by atoms with E-state index >= 15 is 0 Å². The van der Waals surface area contributed by atoms with Crippen LogP contribution in [0.4, 0.5) is 17.1 Å². The van der Waals surface area contributed by atoms with Gasteiger partial charge in [0.2, 0.25) is 0 Å². The summed E-state index contributed by atoms with van der Waals surface area (Å²) in [5, 5.41) is 5.16. The first kappa shape index (κ1) is 18.5. The van der Waals surface area contributed by atoms with Crippen molar-refractivity contribution >= 4 is 46.2 Å². The average molecular weight is 384 g/mol. The van der Waals surface area contributed by atoms with E-state index in [1.165, 1.54) is 6.92 Å². The molecule has 1 heterocycles. The molecular formula is C18H16N4O4S. The number of nitrogens with zero attached hydrogens (tertiary/aromatic N) is 2. The second kappa shape index (κ2) is 8.37. The fourth-order valence-corrected chi connectivity index (χ4v) is 2.83. The molecule has 3 rings (SSSR count). The maximum Gasteiger partial charge on any atom is 0.328 e. The summed E-state index contributed by atoms with van der Waals surface area (Å²) >= 11 is 1.04. The smallest absolute Gasteiger partial charge is 0.328 e. The largest absolute Gasteiger partial charge is 0.454 e. The highest BCUT2D eigenvalue weighted by molar-refractivity contribution is 7.58. The van der Waals surface area contributed by atoms with Crippen molar-refractivity contribution in [3.63, 3.8) is 0 Å². The number of amides is 2. The van der Waals surface area contributed by atoms with Gasteiger partial charge in [-0.3, -0.25) is 9.59 Å². The monoisotopic (exact) mass is 384 g/mol. The Labute approximate surface area is 158 Å². The third kappa shape index (κ3) is 4.64. The van der Waals surface area contributed by atoms with Crippen LogP contribution in [0, 0.1) is 0 Å². The van der Waals surface area contributed by atoms with E-state index in [-0.39, 0.29) is 0 Å². The zero-order valence-corrected chi connectivity index (χ0v) is 15.2. The number of rotatable bonds is 6. The van der Waals surface area contributed by atoms with Gasteiger partial charge in [0.1, 0.15) is 17.4 Å². The topological polar surface area (TPSA) is 109 Å². The van der Waals surface area contributed by atoms with Gasteiger partial charge in [-0.05, 0) is 31.2 Å². The molecule has 1 aliphatic rings. The van der Waals surface area contributed by atoms with Crippen LogP contribution in [0.1, 0.15) is 17.3 Å². The van der Waals surface area contributed by atoms with Gasteiger partial charge < -0.3 is 15.4 Å². The second-order valence-corrected chi connectivity index (χ2v) is 6.18. The number of anilines is 1. The lowest BCUT2D eigenvalue weighted by Gasteiger charge is -2.13. The standard InChI is InChI=1S/C18H16N4O4S/c1-11(19-17(24)12-6-3-2-4-7-12)18(25)26-10-15(23)20-13-8-5-9-14-16(13)22-27-21-14/h2-9,11H,10H2,1H3,(H,19,24)(H,20,23)/t11-/m0/s1. The Bertz CT molecular complexity index is 955. The fourth-order valence-electron chi connectivity index (χ4n) is 2.28. The van der Waals surface area contributed by atoms with E-state index < -0.39 is 30.4 Å². The van der Waals surface area contributed by atoms with Gasteiger partial charge in [-0.2, -0.15) is 8.73 Å². The highest BCUT2D eigenvalue weighted by atomic mass is 32.1. The molecule has 0 aromatic heterocycles. The highest BCUT2D eigenvalue weighted by Crippen LogP contribution is 2.38. The number of fused-ring (bicyclic) bond motifs is 1. The van der Waals surface area contributed by atoms with Crippen LogP contribution in [0.25, 0.3) is 0 Å². The molecule has 0 spiro atoms. The van der Waals surface area contributed by atoms with Gasteiger partial charge in [-0.1, -0.05) is 24.3 Å². The van der Waals surface area contributed by atoms with Crippen molar-refractivity contribution in [2.24, 2.45) is 8.73 Å². The molecule has 0 fully saturated rings. The maximum absolute atomic E-state index is 12.0. The number of carbonyl (C=O) groups excluding carboxylic acids is 3. The molecular weight excluding hydrogens is 368 g/mol. The number of ether oxygens (including phenoxy) is 1. The summed E-state index contributed by atoms with van der Waals surface area (Å²) in [5.74, 6) is -1.61. The van der Waals surface area contributed by atoms with Gasteiger partial charge in [0.05, 0.1) is 17.0 Å². The molecule has 1 aliphatic heterocycles. The lowest BCUT2D eigenvalue weighted by molar-refractivity contribution is -0.148. The first-order valence-corrected chi connectivity index (χ1v) is 8.81. The summed E-state index contributed by atoms with van der Waals surface area (Å²) in [4.78, 5) is 36.1. The summed E-state index contributed by atoms with van der Waals surface area (Å²) in [6.07, 6.45) is 0. The number of hydrogen-bond acceptors (Lipinski definition) is 6. The van der Waals surface area contributed by atoms with Gasteiger partial charge in [0.25, 0.3) is 11.8 Å². The molecule has 8 nitrogen and oxygen atoms in total. The minimum Gasteiger partial charge on any atom is -0.454 e. The van der Waals surface area contributed by atoms with E-state index in [2.05, 4.69) is 19.4 Å². The number of benzene rings is 2. The van der Waals surface area contributed by atoms with Crippen LogP contribution in [0.3, 0.4) is 0 Å². The Balaban J connectivity index is 1.49. The van der Waals surface area contributed by atoms with E-state index in [0.717, 1.165) is 11.4 Å². The van der Waals surface area contributed by atoms with Crippen molar-refractivity contribution in [2.45, 2.75) is 13.0 Å². The maximum atomic E-state index is 12.0. The Hall–Kier alpha value is -3.33. The second-order valence-electron chi connectivity index (χ2n) is 5.65. The number of esters is 1. The molecule has 0 saturated carbocycles. The van der Waals surface area contributed by atoms with Gasteiger partial charge in [0.15, 0.2) is 6.61 Å². The van der Waals surface area contributed by atoms with Crippen LogP contribution in [-0.2, 0) is 25.7 Å². The molecule has 2 amide bonds. The lowest BCUT2D eigenvalue weighted by atomic mass is 10.2. The molecule has 1 atom stereocenters. The molecule has 0 saturated heterocycles. The minimum absolute atomic E-state index is 0.396. The predicted molar refractivity (Wildman–Crippen MR) is 101 cm³/mol. The molecule has 2 aromatic carbocycles. The van der Waals surface area contributed by atoms with Crippen molar-refractivity contribution in [3.05, 3.63) is 54.1 Å². The molecule has 138 valence electrons. The quantitative estimate of drug-likeness (QED) is 0.637. The number of hydrogen-bond donors (Lipinski definition) is 2. The molecule has 2 N–H and O–H groups in total. The summed E-state index contributed by atoms with van der Waals surface area (Å²) < 4.78 is 13.2. The van der Waals surface area contributed by atoms with Crippen LogP contribution >= 0.6 is 0 Å². The van der Waals surface area contributed by atoms with E-state index in [4.69, 9.17) is 4.74 Å². The van der Waals surface area contributed by atoms with Crippen molar-refractivity contribution in [3.8, 4) is 0 Å². The van der Waals surface area contributed by atoms with E-state index in [9.17, 15) is 14.4 Å². The van der Waals surface area contributed by atoms with Crippen LogP contribution in [0.2, 0.25) is 0 Å². The highest BCUT2D eigenvalue weighted by Gasteiger charge is 2.19. The molecule has 0 unspecified atom stereocenters. The Morgan fingerprint density at radius 1 is 1.07 bits per heavy atom. The zero-order valence-electron chi connectivity index (χ0n) is 14.3. The van der Waals surface area contributed by atoms with Crippen LogP contribution in [-0.4, -0.2) is 30.4 Å². The van der Waals surface area contributed by atoms with E-state index in [1.54, 1.807) is 48.5 Å². The van der Waals surface area contributed by atoms with Gasteiger partial charge in [-0.25, -0.2) is 4.79 Å². The van der Waals surface area contributed by atoms with Gasteiger partial charge in [0, 0.05) is 5.56 Å². The third-order valence-corrected chi connectivity index (χ3v) is 4.19. The van der Waals surface area contributed by atoms with Crippen LogP contribution in [0.5, 0.6) is 0 Å². The first-order valence-electron chi connectivity index (χ1n) is 8.08. The SMILES string of the molecule is C[C@H](NC(=O)c1ccccc1)C(=O)OCC(=O)Nc1cccc2c1N=S=N2. The molecule has 27 heavy (non-hydrogen) atoms. The van der Waals surface area contributed by atoms with Crippen LogP contribution in [0.15, 0.2) is 57.3 Å². The number of nitrogens with one attached hydrogen (secondary N) is 2. The Kier molecular flexibility index (Phi) is 5.72. The fraction of sp³-hybridized carbons (Fsp3) is 0.167. The Morgan fingerprint density at radius 2 is 1.85 bits per heavy atom. The lowest BCUT2D eigenvalue weighted by Crippen LogP contribution is -2.40. The summed E-state index contributed by atoms with van der Waals surface area (Å²) in [6.45, 7) is 1.01. The van der Waals surface area contributed by atoms with Crippen molar-refractivity contribution in [2.75, 3.05) is 11.9 Å². The average Bonchev–Trinajstić information content (AvgIpc) is 3.16. The third-order valence-electron chi connectivity index (χ3n) is 3.64. The number of carbonyl (C=O) groups is 3. The summed E-state index contributed by atoms with van der Waals surface area (Å²) in [5.41, 5.74) is 2.17. The molecule has 0 bridgehead atoms. The van der Waals surface area contributed by atoms with Crippen molar-refractivity contribution < 1.29 is 19.1 Å². The molecule has 9 heteroatoms. The first-order chi connectivity index (χ1) is 13.0. The minimum atomic E-state index is -0.892. The molecule has 0 aliphatic carbocycles. The predicted octanol–water partition coefficient (Wildman–Crippen LogP) is 2.71. The summed E-state index contributed by atoms with van der Waals surface area (Å²) in [7, 11) is 0. The summed E-state index contributed by atoms with van der Waals surface area (Å²) in [6, 6.07) is 12.8. The molecule has 2 aromatic rings. The van der Waals surface area contributed by atoms with E-state index in [0.29, 0.717) is 22.6 Å². The zero-order chi connectivity index (χ0) is 19.2. The van der Waals surface area contributed by atoms with Crippen molar-refractivity contribution in [1.82, 2.24) is 5.32 Å². The van der Waals surface area contributed by atoms with Gasteiger partial charge >= 0.3 is 5.97 Å². The van der Waals surface area contributed by atoms with Crippen molar-refractivity contribution in [1.29, 1.82) is 0 Å². The van der Waals surface area contributed by atoms with Crippen LogP contribution < -0.4 is 10.6 Å². The van der Waals surface area contributed by atoms with Gasteiger partial charge in [-0.15, -0.1) is 0 Å². The normalized spacial score (nSPS) is 12.5. The molecule has 0 radical (unpaired) electrons. The van der Waals surface area contributed by atoms with E-state index in [1.807, 2.05) is 0 Å². The Morgan fingerprint density at radius 3 is 2.63 bits per heavy atom.